The monoisotopic (exact) mass is 391 g/mol. The number of thiazole rings is 1. The smallest absolute Gasteiger partial charge is 0.113 e. The minimum absolute atomic E-state index is 0.378. The standard InChI is InChI=1S/C18H21BClN2OS2/c19-22-7-4-12(5-8-22)18(23,11-22)6-3-14(24)10-17-21-15-2-1-13(20)9-16(15)25-17/h1-2,9,12,23H,3-8,10-11H2. The summed E-state index contributed by atoms with van der Waals surface area (Å²) in [5.41, 5.74) is 0.314. The fraction of sp³-hybridized carbons (Fsp3) is 0.556. The number of benzene rings is 1. The van der Waals surface area contributed by atoms with Crippen LogP contribution in [-0.2, 0) is 6.42 Å². The molecule has 2 bridgehead atoms. The van der Waals surface area contributed by atoms with E-state index in [1.807, 2.05) is 18.2 Å². The topological polar surface area (TPSA) is 33.1 Å². The number of thiocarbonyl (C=S) groups is 1. The van der Waals surface area contributed by atoms with E-state index in [-0.39, 0.29) is 0 Å². The minimum atomic E-state index is -0.656. The average molecular weight is 392 g/mol. The van der Waals surface area contributed by atoms with Gasteiger partial charge in [0.05, 0.1) is 21.8 Å². The number of quaternary nitrogens is 1. The molecule has 3 nitrogen and oxygen atoms in total. The van der Waals surface area contributed by atoms with Crippen molar-refractivity contribution in [1.82, 2.24) is 4.98 Å². The zero-order valence-electron chi connectivity index (χ0n) is 14.1. The molecule has 0 amide bonds. The number of rotatable bonds is 5. The van der Waals surface area contributed by atoms with Crippen LogP contribution in [0.4, 0.5) is 0 Å². The molecule has 3 radical (unpaired) electrons. The Hall–Kier alpha value is -0.525. The molecule has 3 aliphatic rings. The summed E-state index contributed by atoms with van der Waals surface area (Å²) < 4.78 is 1.62. The van der Waals surface area contributed by atoms with Crippen LogP contribution in [0.3, 0.4) is 0 Å². The summed E-state index contributed by atoms with van der Waals surface area (Å²) in [6.07, 6.45) is 4.20. The van der Waals surface area contributed by atoms with Crippen LogP contribution in [0.1, 0.15) is 30.7 Å². The van der Waals surface area contributed by atoms with Crippen molar-refractivity contribution in [3.8, 4) is 0 Å². The third-order valence-electron chi connectivity index (χ3n) is 5.77. The van der Waals surface area contributed by atoms with Gasteiger partial charge in [0.1, 0.15) is 5.60 Å². The minimum Gasteiger partial charge on any atom is -0.586 e. The molecule has 1 N–H and O–H groups in total. The first-order valence-corrected chi connectivity index (χ1v) is 10.4. The van der Waals surface area contributed by atoms with Crippen LogP contribution >= 0.6 is 35.2 Å². The van der Waals surface area contributed by atoms with Crippen molar-refractivity contribution < 1.29 is 9.50 Å². The van der Waals surface area contributed by atoms with Crippen molar-refractivity contribution >= 4 is 58.2 Å². The molecule has 7 heteroatoms. The predicted molar refractivity (Wildman–Crippen MR) is 108 cm³/mol. The third-order valence-corrected chi connectivity index (χ3v) is 7.38. The van der Waals surface area contributed by atoms with Gasteiger partial charge in [0.2, 0.25) is 0 Å². The normalized spacial score (nSPS) is 31.6. The molecule has 1 aromatic heterocycles. The highest BCUT2D eigenvalue weighted by atomic mass is 35.5. The predicted octanol–water partition coefficient (Wildman–Crippen LogP) is 3.70. The van der Waals surface area contributed by atoms with Crippen LogP contribution in [0.2, 0.25) is 5.02 Å². The Kier molecular flexibility index (Phi) is 4.70. The van der Waals surface area contributed by atoms with E-state index < -0.39 is 5.60 Å². The summed E-state index contributed by atoms with van der Waals surface area (Å²) in [6, 6.07) is 5.75. The maximum absolute atomic E-state index is 11.1. The van der Waals surface area contributed by atoms with Crippen molar-refractivity contribution in [3.05, 3.63) is 28.2 Å². The molecule has 1 unspecified atom stereocenters. The molecule has 0 saturated carbocycles. The molecule has 131 valence electrons. The number of hydrogen-bond acceptors (Lipinski definition) is 4. The Labute approximate surface area is 164 Å². The molecule has 0 aliphatic carbocycles. The third kappa shape index (κ3) is 3.65. The summed E-state index contributed by atoms with van der Waals surface area (Å²) in [7, 11) is 6.38. The summed E-state index contributed by atoms with van der Waals surface area (Å²) >= 11 is 13.3. The van der Waals surface area contributed by atoms with Crippen molar-refractivity contribution in [2.24, 2.45) is 5.92 Å². The maximum Gasteiger partial charge on any atom is 0.113 e. The Balaban J connectivity index is 1.39. The van der Waals surface area contributed by atoms with Gasteiger partial charge >= 0.3 is 0 Å². The number of aliphatic hydroxyl groups is 1. The van der Waals surface area contributed by atoms with Gasteiger partial charge in [-0.3, -0.25) is 0 Å². The molecule has 2 aromatic rings. The van der Waals surface area contributed by atoms with Gasteiger partial charge in [-0.15, -0.1) is 11.3 Å². The number of fused-ring (bicyclic) bond motifs is 4. The lowest BCUT2D eigenvalue weighted by Crippen LogP contribution is -2.68. The quantitative estimate of drug-likeness (QED) is 0.623. The van der Waals surface area contributed by atoms with Crippen molar-refractivity contribution in [2.75, 3.05) is 19.6 Å². The van der Waals surface area contributed by atoms with E-state index in [2.05, 4.69) is 4.98 Å². The van der Waals surface area contributed by atoms with Gasteiger partial charge in [-0.05, 0) is 48.7 Å². The van der Waals surface area contributed by atoms with Gasteiger partial charge in [0.25, 0.3) is 0 Å². The summed E-state index contributed by atoms with van der Waals surface area (Å²) in [4.78, 5) is 5.60. The Morgan fingerprint density at radius 2 is 2.20 bits per heavy atom. The average Bonchev–Trinajstić information content (AvgIpc) is 2.94. The second-order valence-corrected chi connectivity index (χ2v) is 9.77. The zero-order chi connectivity index (χ0) is 17.7. The summed E-state index contributed by atoms with van der Waals surface area (Å²) in [5, 5.41) is 12.9. The van der Waals surface area contributed by atoms with Gasteiger partial charge in [0.15, 0.2) is 0 Å². The second-order valence-electron chi connectivity index (χ2n) is 7.64. The molecule has 3 saturated heterocycles. The Bertz CT molecular complexity index is 819. The first-order chi connectivity index (χ1) is 11.9. The fourth-order valence-corrected chi connectivity index (χ4v) is 5.99. The lowest BCUT2D eigenvalue weighted by molar-refractivity contribution is -0.846. The molecule has 25 heavy (non-hydrogen) atoms. The van der Waals surface area contributed by atoms with Gasteiger partial charge in [-0.25, -0.2) is 13.0 Å². The molecule has 5 rings (SSSR count). The van der Waals surface area contributed by atoms with Gasteiger partial charge in [0, 0.05) is 30.5 Å². The number of piperidine rings is 3. The highest BCUT2D eigenvalue weighted by Gasteiger charge is 2.47. The summed E-state index contributed by atoms with van der Waals surface area (Å²) in [5.74, 6) is 0.378. The van der Waals surface area contributed by atoms with E-state index >= 15 is 0 Å². The van der Waals surface area contributed by atoms with Gasteiger partial charge in [-0.2, -0.15) is 0 Å². The van der Waals surface area contributed by atoms with E-state index in [9.17, 15) is 5.11 Å². The highest BCUT2D eigenvalue weighted by molar-refractivity contribution is 7.80. The number of hydrogen-bond donors (Lipinski definition) is 1. The number of aromatic nitrogens is 1. The van der Waals surface area contributed by atoms with Crippen molar-refractivity contribution in [3.63, 3.8) is 0 Å². The maximum atomic E-state index is 11.1. The molecular weight excluding hydrogens is 371 g/mol. The van der Waals surface area contributed by atoms with Crippen LogP contribution in [-0.4, -0.2) is 52.6 Å². The molecular formula is C18H21BClN2OS2. The van der Waals surface area contributed by atoms with E-state index in [0.717, 1.165) is 57.5 Å². The SMILES string of the molecule is [B-][N+]12CCC(CC1)C(O)(CCC(=S)Cc1nc3ccc(Cl)cc3s1)C2. The van der Waals surface area contributed by atoms with Crippen LogP contribution < -0.4 is 0 Å². The van der Waals surface area contributed by atoms with E-state index in [4.69, 9.17) is 31.8 Å². The zero-order valence-corrected chi connectivity index (χ0v) is 16.5. The molecule has 3 fully saturated rings. The molecule has 1 atom stereocenters. The van der Waals surface area contributed by atoms with E-state index in [1.54, 1.807) is 11.3 Å². The van der Waals surface area contributed by atoms with Crippen LogP contribution in [0, 0.1) is 5.92 Å². The van der Waals surface area contributed by atoms with Gasteiger partial charge in [-0.1, -0.05) is 23.8 Å². The first-order valence-electron chi connectivity index (χ1n) is 8.79. The van der Waals surface area contributed by atoms with E-state index in [1.165, 1.54) is 0 Å². The van der Waals surface area contributed by atoms with Gasteiger partial charge < -0.3 is 9.50 Å². The highest BCUT2D eigenvalue weighted by Crippen LogP contribution is 2.41. The Morgan fingerprint density at radius 3 is 2.92 bits per heavy atom. The lowest BCUT2D eigenvalue weighted by atomic mass is 9.69. The lowest BCUT2D eigenvalue weighted by Gasteiger charge is -2.64. The fourth-order valence-electron chi connectivity index (χ4n) is 4.37. The summed E-state index contributed by atoms with van der Waals surface area (Å²) in [6.45, 7) is 2.65. The number of halogens is 1. The van der Waals surface area contributed by atoms with E-state index in [0.29, 0.717) is 29.7 Å². The van der Waals surface area contributed by atoms with Crippen LogP contribution in [0.5, 0.6) is 0 Å². The molecule has 1 aromatic carbocycles. The number of nitrogens with zero attached hydrogens (tertiary/aromatic N) is 2. The Morgan fingerprint density at radius 1 is 1.44 bits per heavy atom. The second kappa shape index (κ2) is 6.57. The molecule has 3 aliphatic heterocycles. The van der Waals surface area contributed by atoms with Crippen LogP contribution in [0.25, 0.3) is 10.2 Å². The molecule has 0 spiro atoms. The van der Waals surface area contributed by atoms with Crippen molar-refractivity contribution in [2.45, 2.75) is 37.7 Å². The molecule has 4 heterocycles. The first kappa shape index (κ1) is 17.9. The van der Waals surface area contributed by atoms with Crippen molar-refractivity contribution in [1.29, 1.82) is 0 Å². The van der Waals surface area contributed by atoms with Crippen LogP contribution in [0.15, 0.2) is 18.2 Å². The largest absolute Gasteiger partial charge is 0.586 e.